The van der Waals surface area contributed by atoms with Crippen LogP contribution < -0.4 is 14.4 Å². The quantitative estimate of drug-likeness (QED) is 0.682. The van der Waals surface area contributed by atoms with Gasteiger partial charge in [-0.05, 0) is 55.2 Å². The Kier molecular flexibility index (Phi) is 6.41. The minimum Gasteiger partial charge on any atom is -0.496 e. The molecule has 172 valence electrons. The standard InChI is InChI=1S/C23H28N2O6S/c1-16-6-8-21(30-3)22-18(16)5-4-10-25(22)23(26)19-15-17(7-9-20(19)29-2)32(27,28)24-11-13-31-14-12-24/h6-9,15H,4-5,10-14H2,1-3H3. The van der Waals surface area contributed by atoms with Gasteiger partial charge in [0.1, 0.15) is 11.5 Å². The molecule has 0 N–H and O–H groups in total. The summed E-state index contributed by atoms with van der Waals surface area (Å²) < 4.78 is 44.0. The number of anilines is 1. The molecule has 8 nitrogen and oxygen atoms in total. The Balaban J connectivity index is 1.77. The third-order valence-electron chi connectivity index (χ3n) is 6.03. The van der Waals surface area contributed by atoms with Crippen molar-refractivity contribution in [2.45, 2.75) is 24.7 Å². The molecule has 0 atom stereocenters. The summed E-state index contributed by atoms with van der Waals surface area (Å²) in [5.74, 6) is 0.634. The first-order chi connectivity index (χ1) is 15.4. The molecular weight excluding hydrogens is 432 g/mol. The Labute approximate surface area is 188 Å². The fraction of sp³-hybridized carbons (Fsp3) is 0.435. The lowest BCUT2D eigenvalue weighted by Gasteiger charge is -2.32. The molecule has 0 unspecified atom stereocenters. The van der Waals surface area contributed by atoms with Crippen molar-refractivity contribution in [2.24, 2.45) is 0 Å². The first kappa shape index (κ1) is 22.6. The van der Waals surface area contributed by atoms with Crippen LogP contribution in [0.4, 0.5) is 5.69 Å². The summed E-state index contributed by atoms with van der Waals surface area (Å²) in [6.07, 6.45) is 1.66. The van der Waals surface area contributed by atoms with Gasteiger partial charge in [0.25, 0.3) is 5.91 Å². The third-order valence-corrected chi connectivity index (χ3v) is 7.93. The summed E-state index contributed by atoms with van der Waals surface area (Å²) in [6.45, 7) is 3.80. The number of hydrogen-bond acceptors (Lipinski definition) is 6. The lowest BCUT2D eigenvalue weighted by molar-refractivity contribution is 0.0730. The van der Waals surface area contributed by atoms with Crippen molar-refractivity contribution in [3.8, 4) is 11.5 Å². The van der Waals surface area contributed by atoms with E-state index in [1.807, 2.05) is 19.1 Å². The van der Waals surface area contributed by atoms with Gasteiger partial charge in [-0.1, -0.05) is 6.07 Å². The molecule has 2 heterocycles. The molecule has 1 saturated heterocycles. The molecule has 0 saturated carbocycles. The van der Waals surface area contributed by atoms with Gasteiger partial charge < -0.3 is 19.1 Å². The summed E-state index contributed by atoms with van der Waals surface area (Å²) in [5, 5.41) is 0. The van der Waals surface area contributed by atoms with E-state index in [0.717, 1.165) is 29.7 Å². The first-order valence-corrected chi connectivity index (χ1v) is 12.1. The van der Waals surface area contributed by atoms with Crippen molar-refractivity contribution >= 4 is 21.6 Å². The largest absolute Gasteiger partial charge is 0.496 e. The van der Waals surface area contributed by atoms with Crippen molar-refractivity contribution < 1.29 is 27.4 Å². The van der Waals surface area contributed by atoms with Gasteiger partial charge in [0.15, 0.2) is 0 Å². The van der Waals surface area contributed by atoms with E-state index in [-0.39, 0.29) is 29.5 Å². The first-order valence-electron chi connectivity index (χ1n) is 10.6. The fourth-order valence-corrected chi connectivity index (χ4v) is 5.75. The van der Waals surface area contributed by atoms with Crippen molar-refractivity contribution in [3.63, 3.8) is 0 Å². The van der Waals surface area contributed by atoms with Gasteiger partial charge in [-0.15, -0.1) is 0 Å². The molecule has 2 aromatic rings. The number of hydrogen-bond donors (Lipinski definition) is 0. The third kappa shape index (κ3) is 3.96. The number of amides is 1. The summed E-state index contributed by atoms with van der Waals surface area (Å²) in [4.78, 5) is 15.5. The van der Waals surface area contributed by atoms with Crippen molar-refractivity contribution in [1.82, 2.24) is 4.31 Å². The Bertz CT molecular complexity index is 1130. The van der Waals surface area contributed by atoms with Gasteiger partial charge in [0.2, 0.25) is 10.0 Å². The molecule has 2 aromatic carbocycles. The smallest absolute Gasteiger partial charge is 0.262 e. The highest BCUT2D eigenvalue weighted by atomic mass is 32.2. The number of ether oxygens (including phenoxy) is 3. The number of nitrogens with zero attached hydrogens (tertiary/aromatic N) is 2. The fourth-order valence-electron chi connectivity index (χ4n) is 4.32. The maximum atomic E-state index is 13.7. The predicted octanol–water partition coefficient (Wildman–Crippen LogP) is 2.63. The zero-order valence-electron chi connectivity index (χ0n) is 18.6. The van der Waals surface area contributed by atoms with Crippen LogP contribution in [0.15, 0.2) is 35.2 Å². The van der Waals surface area contributed by atoms with E-state index < -0.39 is 10.0 Å². The average molecular weight is 461 g/mol. The van der Waals surface area contributed by atoms with Crippen LogP contribution in [0, 0.1) is 6.92 Å². The molecule has 1 amide bonds. The van der Waals surface area contributed by atoms with Crippen molar-refractivity contribution in [2.75, 3.05) is 52.0 Å². The van der Waals surface area contributed by atoms with Gasteiger partial charge in [-0.3, -0.25) is 4.79 Å². The number of methoxy groups -OCH3 is 2. The molecule has 32 heavy (non-hydrogen) atoms. The van der Waals surface area contributed by atoms with Crippen LogP contribution in [0.3, 0.4) is 0 Å². The number of sulfonamides is 1. The molecule has 4 rings (SSSR count). The molecule has 0 radical (unpaired) electrons. The van der Waals surface area contributed by atoms with Crippen LogP contribution in [0.1, 0.15) is 27.9 Å². The number of morpholine rings is 1. The average Bonchev–Trinajstić information content (AvgIpc) is 2.83. The molecule has 0 spiro atoms. The topological polar surface area (TPSA) is 85.4 Å². The van der Waals surface area contributed by atoms with Crippen LogP contribution in [0.2, 0.25) is 0 Å². The van der Waals surface area contributed by atoms with E-state index in [0.29, 0.717) is 31.3 Å². The molecular formula is C23H28N2O6S. The number of aryl methyl sites for hydroxylation is 1. The Morgan fingerprint density at radius 1 is 1.00 bits per heavy atom. The van der Waals surface area contributed by atoms with Crippen LogP contribution in [-0.2, 0) is 21.2 Å². The van der Waals surface area contributed by atoms with E-state index >= 15 is 0 Å². The molecule has 2 aliphatic rings. The summed E-state index contributed by atoms with van der Waals surface area (Å²) >= 11 is 0. The minimum absolute atomic E-state index is 0.0667. The van der Waals surface area contributed by atoms with Crippen LogP contribution in [0.5, 0.6) is 11.5 Å². The molecule has 9 heteroatoms. The summed E-state index contributed by atoms with van der Waals surface area (Å²) in [5.41, 5.74) is 3.11. The van der Waals surface area contributed by atoms with Gasteiger partial charge in [-0.25, -0.2) is 8.42 Å². The van der Waals surface area contributed by atoms with E-state index in [4.69, 9.17) is 14.2 Å². The Morgan fingerprint density at radius 2 is 1.69 bits per heavy atom. The van der Waals surface area contributed by atoms with Crippen LogP contribution in [-0.4, -0.2) is 65.7 Å². The highest BCUT2D eigenvalue weighted by molar-refractivity contribution is 7.89. The zero-order valence-corrected chi connectivity index (χ0v) is 19.4. The second kappa shape index (κ2) is 9.09. The van der Waals surface area contributed by atoms with Crippen LogP contribution >= 0.6 is 0 Å². The SMILES string of the molecule is COc1ccc(S(=O)(=O)N2CCOCC2)cc1C(=O)N1CCCc2c(C)ccc(OC)c21. The molecule has 0 aliphatic carbocycles. The van der Waals surface area contributed by atoms with Crippen molar-refractivity contribution in [1.29, 1.82) is 0 Å². The number of carbonyl (C=O) groups is 1. The van der Waals surface area contributed by atoms with E-state index in [1.54, 1.807) is 18.1 Å². The molecule has 0 bridgehead atoms. The van der Waals surface area contributed by atoms with Crippen LogP contribution in [0.25, 0.3) is 0 Å². The number of carbonyl (C=O) groups excluding carboxylic acids is 1. The normalized spacial score (nSPS) is 17.0. The molecule has 1 fully saturated rings. The number of benzene rings is 2. The highest BCUT2D eigenvalue weighted by Gasteiger charge is 2.32. The monoisotopic (exact) mass is 460 g/mol. The van der Waals surface area contributed by atoms with Gasteiger partial charge >= 0.3 is 0 Å². The Hall–Kier alpha value is -2.62. The number of rotatable bonds is 5. The van der Waals surface area contributed by atoms with Gasteiger partial charge in [0.05, 0.1) is 43.6 Å². The van der Waals surface area contributed by atoms with E-state index in [1.165, 1.54) is 23.5 Å². The van der Waals surface area contributed by atoms with Gasteiger partial charge in [0, 0.05) is 19.6 Å². The van der Waals surface area contributed by atoms with Crippen molar-refractivity contribution in [3.05, 3.63) is 47.0 Å². The molecule has 2 aliphatic heterocycles. The lowest BCUT2D eigenvalue weighted by atomic mass is 9.95. The second-order valence-electron chi connectivity index (χ2n) is 7.85. The van der Waals surface area contributed by atoms with E-state index in [2.05, 4.69) is 0 Å². The second-order valence-corrected chi connectivity index (χ2v) is 9.79. The minimum atomic E-state index is -3.75. The zero-order chi connectivity index (χ0) is 22.9. The summed E-state index contributed by atoms with van der Waals surface area (Å²) in [7, 11) is -0.700. The Morgan fingerprint density at radius 3 is 2.38 bits per heavy atom. The maximum absolute atomic E-state index is 13.7. The van der Waals surface area contributed by atoms with Gasteiger partial charge in [-0.2, -0.15) is 4.31 Å². The highest BCUT2D eigenvalue weighted by Crippen LogP contribution is 2.40. The summed E-state index contributed by atoms with van der Waals surface area (Å²) in [6, 6.07) is 8.29. The predicted molar refractivity (Wildman–Crippen MR) is 120 cm³/mol. The lowest BCUT2D eigenvalue weighted by Crippen LogP contribution is -2.40. The molecule has 0 aromatic heterocycles. The maximum Gasteiger partial charge on any atom is 0.262 e. The van der Waals surface area contributed by atoms with E-state index in [9.17, 15) is 13.2 Å². The number of fused-ring (bicyclic) bond motifs is 1.